The molecule has 1 aromatic heterocycles. The van der Waals surface area contributed by atoms with Crippen molar-refractivity contribution in [3.8, 4) is 33.4 Å². The van der Waals surface area contributed by atoms with E-state index in [-0.39, 0.29) is 23.7 Å². The quantitative estimate of drug-likeness (QED) is 0.184. The van der Waals surface area contributed by atoms with E-state index in [2.05, 4.69) is 103 Å². The van der Waals surface area contributed by atoms with Crippen molar-refractivity contribution in [1.82, 2.24) is 0 Å². The minimum atomic E-state index is -0.00560. The molecule has 10 rings (SSSR count). The van der Waals surface area contributed by atoms with Gasteiger partial charge in [0, 0.05) is 16.2 Å². The third-order valence-electron chi connectivity index (χ3n) is 9.58. The second-order valence-corrected chi connectivity index (χ2v) is 12.2. The standard InChI is InChI=1S/C46H28O/c1-3-13-34-30(10-1)12-9-19-36(34)45-39-17-7-5-15-37(39)44(38-16-6-8-18-40(38)45)32-22-20-29(21-23-32)33-25-27-43-42(28-33)41-26-24-31-11-2-4-14-35(31)46(41)47-43/h1-28H/i25D,27D,28D. The van der Waals surface area contributed by atoms with Crippen molar-refractivity contribution >= 4 is 65.0 Å². The second kappa shape index (κ2) is 10.2. The SMILES string of the molecule is [2H]c1c(-c2ccc(-c3c4ccccc4c(-c4cccc5ccccc45)c4ccccc34)cc2)c([2H])c2c(oc3c4ccccc4ccc32)c1[2H]. The highest BCUT2D eigenvalue weighted by molar-refractivity contribution is 6.23. The van der Waals surface area contributed by atoms with Gasteiger partial charge in [0.2, 0.25) is 0 Å². The van der Waals surface area contributed by atoms with Crippen LogP contribution in [0.2, 0.25) is 0 Å². The van der Waals surface area contributed by atoms with Gasteiger partial charge in [-0.2, -0.15) is 0 Å². The zero-order valence-corrected chi connectivity index (χ0v) is 25.3. The van der Waals surface area contributed by atoms with Crippen LogP contribution in [0.15, 0.2) is 174 Å². The van der Waals surface area contributed by atoms with Crippen LogP contribution >= 0.6 is 0 Å². The Morgan fingerprint density at radius 1 is 0.362 bits per heavy atom. The van der Waals surface area contributed by atoms with Crippen LogP contribution in [0.5, 0.6) is 0 Å². The Balaban J connectivity index is 1.18. The third-order valence-corrected chi connectivity index (χ3v) is 9.58. The van der Waals surface area contributed by atoms with E-state index in [1.54, 1.807) is 0 Å². The third kappa shape index (κ3) is 3.97. The van der Waals surface area contributed by atoms with E-state index in [1.165, 1.54) is 32.7 Å². The molecule has 0 amide bonds. The van der Waals surface area contributed by atoms with Gasteiger partial charge in [-0.15, -0.1) is 0 Å². The lowest BCUT2D eigenvalue weighted by Crippen LogP contribution is -1.91. The molecule has 0 saturated carbocycles. The lowest BCUT2D eigenvalue weighted by atomic mass is 9.84. The Morgan fingerprint density at radius 3 is 1.62 bits per heavy atom. The Morgan fingerprint density at radius 2 is 0.915 bits per heavy atom. The molecule has 0 fully saturated rings. The molecule has 0 bridgehead atoms. The van der Waals surface area contributed by atoms with Crippen LogP contribution in [-0.2, 0) is 0 Å². The van der Waals surface area contributed by atoms with Gasteiger partial charge in [-0.3, -0.25) is 0 Å². The number of hydrogen-bond donors (Lipinski definition) is 0. The van der Waals surface area contributed by atoms with Gasteiger partial charge in [0.15, 0.2) is 0 Å². The fourth-order valence-electron chi connectivity index (χ4n) is 7.43. The van der Waals surface area contributed by atoms with Crippen molar-refractivity contribution in [2.75, 3.05) is 0 Å². The first-order valence-electron chi connectivity index (χ1n) is 17.4. The van der Waals surface area contributed by atoms with E-state index >= 15 is 0 Å². The van der Waals surface area contributed by atoms with Gasteiger partial charge >= 0.3 is 0 Å². The van der Waals surface area contributed by atoms with Gasteiger partial charge in [0.25, 0.3) is 0 Å². The number of hydrogen-bond acceptors (Lipinski definition) is 1. The molecule has 218 valence electrons. The summed E-state index contributed by atoms with van der Waals surface area (Å²) in [5.41, 5.74) is 6.74. The summed E-state index contributed by atoms with van der Waals surface area (Å²) in [6.07, 6.45) is 0. The molecule has 0 saturated heterocycles. The highest BCUT2D eigenvalue weighted by atomic mass is 16.3. The van der Waals surface area contributed by atoms with Crippen molar-refractivity contribution in [3.63, 3.8) is 0 Å². The summed E-state index contributed by atoms with van der Waals surface area (Å²) in [4.78, 5) is 0. The monoisotopic (exact) mass is 599 g/mol. The van der Waals surface area contributed by atoms with Crippen LogP contribution in [0.1, 0.15) is 4.11 Å². The fraction of sp³-hybridized carbons (Fsp3) is 0. The summed E-state index contributed by atoms with van der Waals surface area (Å²) in [7, 11) is 0. The molecular weight excluding hydrogens is 569 g/mol. The first kappa shape index (κ1) is 23.2. The van der Waals surface area contributed by atoms with Gasteiger partial charge in [-0.05, 0) is 89.2 Å². The maximum absolute atomic E-state index is 9.35. The number of benzene rings is 9. The Bertz CT molecular complexity index is 2950. The summed E-state index contributed by atoms with van der Waals surface area (Å²) in [5.74, 6) is 0. The molecule has 0 atom stereocenters. The molecule has 1 heterocycles. The number of rotatable bonds is 3. The molecule has 10 aromatic rings. The van der Waals surface area contributed by atoms with E-state index in [0.717, 1.165) is 43.6 Å². The summed E-state index contributed by atoms with van der Waals surface area (Å²) in [6.45, 7) is 0. The van der Waals surface area contributed by atoms with Crippen molar-refractivity contribution in [3.05, 3.63) is 170 Å². The van der Waals surface area contributed by atoms with Crippen LogP contribution in [-0.4, -0.2) is 0 Å². The van der Waals surface area contributed by atoms with E-state index in [9.17, 15) is 1.37 Å². The van der Waals surface area contributed by atoms with Crippen LogP contribution in [0, 0.1) is 0 Å². The lowest BCUT2D eigenvalue weighted by Gasteiger charge is -2.19. The summed E-state index contributed by atoms with van der Waals surface area (Å²) < 4.78 is 33.6. The molecule has 0 aliphatic rings. The number of furan rings is 1. The molecule has 1 nitrogen and oxygen atoms in total. The Hall–Kier alpha value is -6.18. The highest BCUT2D eigenvalue weighted by Gasteiger charge is 2.18. The molecule has 0 aliphatic heterocycles. The average molecular weight is 600 g/mol. The minimum absolute atomic E-state index is 0.00336. The molecule has 1 heteroatoms. The smallest absolute Gasteiger partial charge is 0.143 e. The topological polar surface area (TPSA) is 13.1 Å². The van der Waals surface area contributed by atoms with Gasteiger partial charge in [0.05, 0.1) is 4.11 Å². The van der Waals surface area contributed by atoms with Crippen LogP contribution in [0.25, 0.3) is 98.4 Å². The molecule has 47 heavy (non-hydrogen) atoms. The zero-order chi connectivity index (χ0) is 33.5. The van der Waals surface area contributed by atoms with Gasteiger partial charge in [-0.1, -0.05) is 152 Å². The average Bonchev–Trinajstić information content (AvgIpc) is 3.57. The van der Waals surface area contributed by atoms with Gasteiger partial charge < -0.3 is 4.42 Å². The molecule has 0 spiro atoms. The highest BCUT2D eigenvalue weighted by Crippen LogP contribution is 2.45. The predicted molar refractivity (Wildman–Crippen MR) is 200 cm³/mol. The van der Waals surface area contributed by atoms with Crippen molar-refractivity contribution in [1.29, 1.82) is 0 Å². The molecule has 0 aliphatic carbocycles. The molecule has 0 unspecified atom stereocenters. The van der Waals surface area contributed by atoms with Gasteiger partial charge in [0.1, 0.15) is 11.2 Å². The fourth-order valence-corrected chi connectivity index (χ4v) is 7.43. The summed E-state index contributed by atoms with van der Waals surface area (Å²) in [5, 5.41) is 10.5. The van der Waals surface area contributed by atoms with Crippen molar-refractivity contribution in [2.24, 2.45) is 0 Å². The van der Waals surface area contributed by atoms with E-state index in [0.29, 0.717) is 16.5 Å². The van der Waals surface area contributed by atoms with Crippen LogP contribution < -0.4 is 0 Å². The number of fused-ring (bicyclic) bond motifs is 8. The van der Waals surface area contributed by atoms with Crippen molar-refractivity contribution in [2.45, 2.75) is 0 Å². The zero-order valence-electron chi connectivity index (χ0n) is 28.3. The Kier molecular flexibility index (Phi) is 5.02. The summed E-state index contributed by atoms with van der Waals surface area (Å²) >= 11 is 0. The predicted octanol–water partition coefficient (Wildman–Crippen LogP) is 13.2. The van der Waals surface area contributed by atoms with Crippen LogP contribution in [0.3, 0.4) is 0 Å². The second-order valence-electron chi connectivity index (χ2n) is 12.2. The molecule has 9 aromatic carbocycles. The normalized spacial score (nSPS) is 12.7. The molecular formula is C46H28O. The maximum Gasteiger partial charge on any atom is 0.143 e. The van der Waals surface area contributed by atoms with Crippen LogP contribution in [0.4, 0.5) is 0 Å². The first-order valence-corrected chi connectivity index (χ1v) is 15.9. The Labute approximate surface area is 276 Å². The molecule has 0 radical (unpaired) electrons. The summed E-state index contributed by atoms with van der Waals surface area (Å²) in [6, 6.07) is 52.7. The minimum Gasteiger partial charge on any atom is -0.455 e. The van der Waals surface area contributed by atoms with E-state index in [1.807, 2.05) is 48.5 Å². The first-order chi connectivity index (χ1) is 24.6. The van der Waals surface area contributed by atoms with E-state index in [4.69, 9.17) is 7.16 Å². The maximum atomic E-state index is 9.35. The van der Waals surface area contributed by atoms with E-state index < -0.39 is 0 Å². The van der Waals surface area contributed by atoms with Gasteiger partial charge in [-0.25, -0.2) is 0 Å². The lowest BCUT2D eigenvalue weighted by molar-refractivity contribution is 0.672. The largest absolute Gasteiger partial charge is 0.455 e. The van der Waals surface area contributed by atoms with Crippen molar-refractivity contribution < 1.29 is 8.53 Å². The molecule has 0 N–H and O–H groups in total.